The van der Waals surface area contributed by atoms with Crippen LogP contribution in [0.4, 0.5) is 5.82 Å². The van der Waals surface area contributed by atoms with Crippen LogP contribution in [-0.2, 0) is 9.53 Å². The lowest BCUT2D eigenvalue weighted by Crippen LogP contribution is -2.43. The minimum atomic E-state index is -0.923. The summed E-state index contributed by atoms with van der Waals surface area (Å²) in [6.07, 6.45) is 0. The summed E-state index contributed by atoms with van der Waals surface area (Å²) >= 11 is 0. The number of aliphatic carboxylic acids is 1. The quantitative estimate of drug-likeness (QED) is 0.895. The zero-order valence-corrected chi connectivity index (χ0v) is 11.2. The molecule has 2 N–H and O–H groups in total. The molecule has 5 nitrogen and oxygen atoms in total. The summed E-state index contributed by atoms with van der Waals surface area (Å²) in [4.78, 5) is 15.9. The first-order valence-electron chi connectivity index (χ1n) is 6.53. The second-order valence-corrected chi connectivity index (χ2v) is 5.32. The Bertz CT molecular complexity index is 658. The number of pyridine rings is 1. The minimum Gasteiger partial charge on any atom is -0.481 e. The van der Waals surface area contributed by atoms with Gasteiger partial charge in [0.05, 0.1) is 24.8 Å². The van der Waals surface area contributed by atoms with Crippen LogP contribution in [0.25, 0.3) is 10.9 Å². The lowest BCUT2D eigenvalue weighted by molar-refractivity contribution is -0.148. The van der Waals surface area contributed by atoms with Crippen molar-refractivity contribution in [2.45, 2.75) is 13.0 Å². The van der Waals surface area contributed by atoms with Crippen LogP contribution in [0.5, 0.6) is 0 Å². The van der Waals surface area contributed by atoms with E-state index in [1.165, 1.54) is 0 Å². The van der Waals surface area contributed by atoms with Crippen molar-refractivity contribution in [2.24, 2.45) is 5.41 Å². The SMILES string of the molecule is CC1(C(=O)O)COCC1Nc1ccc2ccccc2n1. The van der Waals surface area contributed by atoms with E-state index >= 15 is 0 Å². The Morgan fingerprint density at radius 3 is 3.00 bits per heavy atom. The number of rotatable bonds is 3. The van der Waals surface area contributed by atoms with Gasteiger partial charge in [-0.2, -0.15) is 0 Å². The molecule has 104 valence electrons. The highest BCUT2D eigenvalue weighted by Crippen LogP contribution is 2.31. The number of para-hydroxylation sites is 1. The van der Waals surface area contributed by atoms with Gasteiger partial charge in [0.2, 0.25) is 0 Å². The fourth-order valence-electron chi connectivity index (χ4n) is 2.41. The number of hydrogen-bond acceptors (Lipinski definition) is 4. The number of fused-ring (bicyclic) bond motifs is 1. The van der Waals surface area contributed by atoms with Crippen molar-refractivity contribution < 1.29 is 14.6 Å². The third-order valence-corrected chi connectivity index (χ3v) is 3.86. The van der Waals surface area contributed by atoms with Crippen molar-refractivity contribution in [1.82, 2.24) is 4.98 Å². The highest BCUT2D eigenvalue weighted by molar-refractivity contribution is 5.80. The van der Waals surface area contributed by atoms with Crippen LogP contribution in [0.15, 0.2) is 36.4 Å². The lowest BCUT2D eigenvalue weighted by atomic mass is 9.85. The Balaban J connectivity index is 1.87. The molecule has 20 heavy (non-hydrogen) atoms. The second-order valence-electron chi connectivity index (χ2n) is 5.32. The molecular weight excluding hydrogens is 256 g/mol. The maximum Gasteiger partial charge on any atom is 0.313 e. The van der Waals surface area contributed by atoms with E-state index in [0.29, 0.717) is 12.4 Å². The summed E-state index contributed by atoms with van der Waals surface area (Å²) in [5.41, 5.74) is -0.0405. The number of nitrogens with one attached hydrogen (secondary N) is 1. The Morgan fingerprint density at radius 2 is 2.20 bits per heavy atom. The van der Waals surface area contributed by atoms with Gasteiger partial charge in [-0.05, 0) is 25.1 Å². The summed E-state index contributed by atoms with van der Waals surface area (Å²) in [7, 11) is 0. The van der Waals surface area contributed by atoms with E-state index in [4.69, 9.17) is 4.74 Å². The molecule has 0 amide bonds. The molecule has 2 heterocycles. The molecule has 1 fully saturated rings. The molecule has 0 bridgehead atoms. The first-order chi connectivity index (χ1) is 9.59. The molecule has 5 heteroatoms. The van der Waals surface area contributed by atoms with Gasteiger partial charge in [0.1, 0.15) is 11.2 Å². The third-order valence-electron chi connectivity index (χ3n) is 3.86. The molecule has 0 aliphatic carbocycles. The summed E-state index contributed by atoms with van der Waals surface area (Å²) in [6, 6.07) is 11.4. The minimum absolute atomic E-state index is 0.216. The third kappa shape index (κ3) is 2.10. The number of ether oxygens (including phenoxy) is 1. The lowest BCUT2D eigenvalue weighted by Gasteiger charge is -2.25. The van der Waals surface area contributed by atoms with Crippen LogP contribution in [0.2, 0.25) is 0 Å². The summed E-state index contributed by atoms with van der Waals surface area (Å²) < 4.78 is 5.32. The number of aromatic nitrogens is 1. The molecule has 0 saturated carbocycles. The summed E-state index contributed by atoms with van der Waals surface area (Å²) in [6.45, 7) is 2.28. The second kappa shape index (κ2) is 4.76. The van der Waals surface area contributed by atoms with Gasteiger partial charge in [-0.15, -0.1) is 0 Å². The van der Waals surface area contributed by atoms with E-state index in [-0.39, 0.29) is 12.6 Å². The average Bonchev–Trinajstić information content (AvgIpc) is 2.81. The molecule has 2 atom stereocenters. The molecule has 1 saturated heterocycles. The van der Waals surface area contributed by atoms with E-state index in [1.807, 2.05) is 36.4 Å². The van der Waals surface area contributed by atoms with Crippen LogP contribution in [0.1, 0.15) is 6.92 Å². The molecule has 2 aromatic rings. The van der Waals surface area contributed by atoms with Crippen molar-refractivity contribution in [3.8, 4) is 0 Å². The summed E-state index contributed by atoms with van der Waals surface area (Å²) in [5.74, 6) is -0.181. The standard InChI is InChI=1S/C15H16N2O3/c1-15(14(18)19)9-20-8-12(15)17-13-7-6-10-4-2-3-5-11(10)16-13/h2-7,12H,8-9H2,1H3,(H,16,17)(H,18,19). The zero-order valence-electron chi connectivity index (χ0n) is 11.2. The Kier molecular flexibility index (Phi) is 3.06. The van der Waals surface area contributed by atoms with Crippen molar-refractivity contribution in [3.63, 3.8) is 0 Å². The van der Waals surface area contributed by atoms with Crippen LogP contribution >= 0.6 is 0 Å². The Morgan fingerprint density at radius 1 is 1.40 bits per heavy atom. The first kappa shape index (κ1) is 12.9. The largest absolute Gasteiger partial charge is 0.481 e. The number of carbonyl (C=O) groups is 1. The fourth-order valence-corrected chi connectivity index (χ4v) is 2.41. The molecule has 3 rings (SSSR count). The maximum atomic E-state index is 11.4. The molecule has 2 unspecified atom stereocenters. The first-order valence-corrected chi connectivity index (χ1v) is 6.53. The van der Waals surface area contributed by atoms with Gasteiger partial charge >= 0.3 is 5.97 Å². The molecule has 1 aliphatic rings. The molecule has 1 aromatic carbocycles. The highest BCUT2D eigenvalue weighted by atomic mass is 16.5. The number of carboxylic acid groups (broad SMARTS) is 1. The predicted molar refractivity (Wildman–Crippen MR) is 75.7 cm³/mol. The number of benzene rings is 1. The predicted octanol–water partition coefficient (Wildman–Crippen LogP) is 2.14. The number of nitrogens with zero attached hydrogens (tertiary/aromatic N) is 1. The van der Waals surface area contributed by atoms with Gasteiger partial charge in [0.15, 0.2) is 0 Å². The van der Waals surface area contributed by atoms with Crippen LogP contribution in [-0.4, -0.2) is 35.3 Å². The van der Waals surface area contributed by atoms with E-state index in [1.54, 1.807) is 6.92 Å². The van der Waals surface area contributed by atoms with Gasteiger partial charge in [0, 0.05) is 5.39 Å². The van der Waals surface area contributed by atoms with Crippen molar-refractivity contribution in [1.29, 1.82) is 0 Å². The van der Waals surface area contributed by atoms with Crippen LogP contribution in [0, 0.1) is 5.41 Å². The Hall–Kier alpha value is -2.14. The highest BCUT2D eigenvalue weighted by Gasteiger charge is 2.46. The average molecular weight is 272 g/mol. The van der Waals surface area contributed by atoms with Crippen molar-refractivity contribution in [3.05, 3.63) is 36.4 Å². The molecule has 0 radical (unpaired) electrons. The van der Waals surface area contributed by atoms with E-state index in [0.717, 1.165) is 10.9 Å². The zero-order chi connectivity index (χ0) is 14.2. The smallest absolute Gasteiger partial charge is 0.313 e. The van der Waals surface area contributed by atoms with Crippen LogP contribution < -0.4 is 5.32 Å². The van der Waals surface area contributed by atoms with Crippen LogP contribution in [0.3, 0.4) is 0 Å². The van der Waals surface area contributed by atoms with Gasteiger partial charge in [-0.1, -0.05) is 18.2 Å². The van der Waals surface area contributed by atoms with Gasteiger partial charge in [0.25, 0.3) is 0 Å². The van der Waals surface area contributed by atoms with E-state index < -0.39 is 11.4 Å². The van der Waals surface area contributed by atoms with Gasteiger partial charge in [-0.25, -0.2) is 4.98 Å². The van der Waals surface area contributed by atoms with E-state index in [9.17, 15) is 9.90 Å². The fraction of sp³-hybridized carbons (Fsp3) is 0.333. The molecular formula is C15H16N2O3. The topological polar surface area (TPSA) is 71.5 Å². The monoisotopic (exact) mass is 272 g/mol. The van der Waals surface area contributed by atoms with Crippen molar-refractivity contribution >= 4 is 22.7 Å². The molecule has 1 aliphatic heterocycles. The van der Waals surface area contributed by atoms with E-state index in [2.05, 4.69) is 10.3 Å². The molecule has 1 aromatic heterocycles. The number of anilines is 1. The molecule has 0 spiro atoms. The summed E-state index contributed by atoms with van der Waals surface area (Å²) in [5, 5.41) is 13.6. The van der Waals surface area contributed by atoms with Gasteiger partial charge < -0.3 is 15.2 Å². The van der Waals surface area contributed by atoms with Crippen molar-refractivity contribution in [2.75, 3.05) is 18.5 Å². The Labute approximate surface area is 116 Å². The van der Waals surface area contributed by atoms with Gasteiger partial charge in [-0.3, -0.25) is 4.79 Å². The maximum absolute atomic E-state index is 11.4. The normalized spacial score (nSPS) is 25.8. The number of carboxylic acids is 1. The number of hydrogen-bond donors (Lipinski definition) is 2.